The highest BCUT2D eigenvalue weighted by atomic mass is 16.5. The van der Waals surface area contributed by atoms with Crippen molar-refractivity contribution in [1.82, 2.24) is 15.5 Å². The minimum atomic E-state index is -0.655. The van der Waals surface area contributed by atoms with Gasteiger partial charge in [0.05, 0.1) is 25.4 Å². The fraction of sp³-hybridized carbons (Fsp3) is 0.815. The highest BCUT2D eigenvalue weighted by Gasteiger charge is 2.61. The van der Waals surface area contributed by atoms with E-state index in [1.807, 2.05) is 19.1 Å². The van der Waals surface area contributed by atoms with Crippen LogP contribution in [-0.2, 0) is 22.7 Å². The van der Waals surface area contributed by atoms with E-state index in [0.717, 1.165) is 70.7 Å². The molecule has 1 amide bonds. The molecule has 2 aliphatic carbocycles. The van der Waals surface area contributed by atoms with E-state index in [0.29, 0.717) is 31.2 Å². The summed E-state index contributed by atoms with van der Waals surface area (Å²) in [6.45, 7) is 12.0. The fourth-order valence-corrected chi connectivity index (χ4v) is 6.95. The van der Waals surface area contributed by atoms with Gasteiger partial charge in [-0.05, 0) is 67.9 Å². The second-order valence-electron chi connectivity index (χ2n) is 11.9. The van der Waals surface area contributed by atoms with E-state index in [9.17, 15) is 15.0 Å². The van der Waals surface area contributed by atoms with Crippen LogP contribution in [0.2, 0.25) is 0 Å². The Morgan fingerprint density at radius 2 is 1.89 bits per heavy atom. The Labute approximate surface area is 209 Å². The smallest absolute Gasteiger partial charge is 0.220 e. The average molecular weight is 492 g/mol. The molecule has 198 valence electrons. The summed E-state index contributed by atoms with van der Waals surface area (Å²) in [6, 6.07) is 3.96. The molecule has 3 fully saturated rings. The van der Waals surface area contributed by atoms with E-state index < -0.39 is 5.60 Å². The van der Waals surface area contributed by atoms with Gasteiger partial charge in [-0.25, -0.2) is 0 Å². The second kappa shape index (κ2) is 10.9. The molecule has 1 aromatic rings. The average Bonchev–Trinajstić information content (AvgIpc) is 3.37. The molecule has 0 radical (unpaired) electrons. The Morgan fingerprint density at radius 3 is 2.60 bits per heavy atom. The molecule has 1 aromatic heterocycles. The van der Waals surface area contributed by atoms with Crippen LogP contribution in [-0.4, -0.2) is 72.1 Å². The number of carbonyl (C=O) groups is 1. The topological polar surface area (TPSA) is 107 Å². The maximum Gasteiger partial charge on any atom is 0.220 e. The van der Waals surface area contributed by atoms with E-state index in [1.165, 1.54) is 0 Å². The first kappa shape index (κ1) is 26.6. The molecule has 0 unspecified atom stereocenters. The highest BCUT2D eigenvalue weighted by molar-refractivity contribution is 5.75. The van der Waals surface area contributed by atoms with Crippen LogP contribution >= 0.6 is 0 Å². The van der Waals surface area contributed by atoms with E-state index in [2.05, 4.69) is 29.4 Å². The van der Waals surface area contributed by atoms with E-state index in [4.69, 9.17) is 9.15 Å². The van der Waals surface area contributed by atoms with Crippen molar-refractivity contribution >= 4 is 5.91 Å². The number of rotatable bonds is 10. The molecule has 1 aliphatic heterocycles. The predicted octanol–water partition coefficient (Wildman–Crippen LogP) is 2.43. The number of carbonyl (C=O) groups excluding carboxylic acids is 1. The van der Waals surface area contributed by atoms with Crippen LogP contribution in [0.4, 0.5) is 0 Å². The number of fused-ring (bicyclic) bond motifs is 1. The summed E-state index contributed by atoms with van der Waals surface area (Å²) in [6.07, 6.45) is 4.76. The molecule has 3 aliphatic rings. The molecular weight excluding hydrogens is 446 g/mol. The summed E-state index contributed by atoms with van der Waals surface area (Å²) in [5.74, 6) is 1.84. The molecule has 2 saturated carbocycles. The highest BCUT2D eigenvalue weighted by Crippen LogP contribution is 2.63. The third-order valence-electron chi connectivity index (χ3n) is 8.90. The van der Waals surface area contributed by atoms with Crippen molar-refractivity contribution in [3.8, 4) is 0 Å². The third-order valence-corrected chi connectivity index (χ3v) is 8.90. The van der Waals surface area contributed by atoms with Crippen molar-refractivity contribution in [2.45, 2.75) is 84.1 Å². The number of hydrogen-bond acceptors (Lipinski definition) is 7. The van der Waals surface area contributed by atoms with Crippen molar-refractivity contribution in [2.24, 2.45) is 16.7 Å². The first-order chi connectivity index (χ1) is 16.6. The number of ether oxygens (including phenoxy) is 1. The molecule has 35 heavy (non-hydrogen) atoms. The molecule has 1 saturated heterocycles. The van der Waals surface area contributed by atoms with Gasteiger partial charge < -0.3 is 30.0 Å². The second-order valence-corrected chi connectivity index (χ2v) is 11.9. The molecule has 4 atom stereocenters. The molecule has 2 heterocycles. The maximum atomic E-state index is 12.9. The minimum Gasteiger partial charge on any atom is -0.462 e. The fourth-order valence-electron chi connectivity index (χ4n) is 6.95. The third kappa shape index (κ3) is 6.28. The summed E-state index contributed by atoms with van der Waals surface area (Å²) in [5.41, 5.74) is -0.633. The minimum absolute atomic E-state index is 0.0420. The Hall–Kier alpha value is -1.45. The lowest BCUT2D eigenvalue weighted by molar-refractivity contribution is -0.123. The van der Waals surface area contributed by atoms with Crippen molar-refractivity contribution in [1.29, 1.82) is 0 Å². The Morgan fingerprint density at radius 1 is 1.14 bits per heavy atom. The van der Waals surface area contributed by atoms with Crippen molar-refractivity contribution in [3.63, 3.8) is 0 Å². The Bertz CT molecular complexity index is 848. The zero-order valence-corrected chi connectivity index (χ0v) is 21.8. The van der Waals surface area contributed by atoms with Crippen molar-refractivity contribution in [3.05, 3.63) is 23.7 Å². The van der Waals surface area contributed by atoms with Gasteiger partial charge in [-0.3, -0.25) is 9.69 Å². The van der Waals surface area contributed by atoms with Gasteiger partial charge in [0, 0.05) is 38.6 Å². The van der Waals surface area contributed by atoms with Gasteiger partial charge >= 0.3 is 0 Å². The summed E-state index contributed by atoms with van der Waals surface area (Å²) in [7, 11) is 0. The first-order valence-electron chi connectivity index (χ1n) is 13.3. The number of aliphatic hydroxyl groups excluding tert-OH is 1. The monoisotopic (exact) mass is 491 g/mol. The molecule has 8 nitrogen and oxygen atoms in total. The molecule has 4 rings (SSSR count). The summed E-state index contributed by atoms with van der Waals surface area (Å²) < 4.78 is 11.1. The number of aliphatic hydroxyl groups is 2. The van der Waals surface area contributed by atoms with Crippen LogP contribution in [0.1, 0.15) is 70.8 Å². The predicted molar refractivity (Wildman–Crippen MR) is 134 cm³/mol. The SMILES string of the molecule is CC1(C)C[C@H](NCc2ccc(CO)o2)[C@]2(CCC(=O)NCCN3CCOCC3)CC[C@@](C)(O)C[C@@H]12. The summed E-state index contributed by atoms with van der Waals surface area (Å²) >= 11 is 0. The van der Waals surface area contributed by atoms with Gasteiger partial charge in [0.15, 0.2) is 0 Å². The lowest BCUT2D eigenvalue weighted by Gasteiger charge is -2.51. The molecule has 4 N–H and O–H groups in total. The van der Waals surface area contributed by atoms with Crippen LogP contribution in [0, 0.1) is 16.7 Å². The quantitative estimate of drug-likeness (QED) is 0.398. The lowest BCUT2D eigenvalue weighted by atomic mass is 9.57. The normalized spacial score (nSPS) is 32.9. The number of hydrogen-bond donors (Lipinski definition) is 4. The van der Waals surface area contributed by atoms with Gasteiger partial charge in [-0.2, -0.15) is 0 Å². The van der Waals surface area contributed by atoms with Crippen LogP contribution in [0.3, 0.4) is 0 Å². The summed E-state index contributed by atoms with van der Waals surface area (Å²) in [4.78, 5) is 15.2. The Balaban J connectivity index is 1.40. The van der Waals surface area contributed by atoms with Gasteiger partial charge in [0.1, 0.15) is 18.1 Å². The zero-order chi connectivity index (χ0) is 25.1. The van der Waals surface area contributed by atoms with Crippen LogP contribution in [0.25, 0.3) is 0 Å². The van der Waals surface area contributed by atoms with Crippen molar-refractivity contribution in [2.75, 3.05) is 39.4 Å². The van der Waals surface area contributed by atoms with Crippen LogP contribution in [0.15, 0.2) is 16.5 Å². The lowest BCUT2D eigenvalue weighted by Crippen LogP contribution is -2.51. The molecule has 0 spiro atoms. The number of amides is 1. The van der Waals surface area contributed by atoms with E-state index in [-0.39, 0.29) is 29.4 Å². The molecule has 0 bridgehead atoms. The maximum absolute atomic E-state index is 12.9. The molecular formula is C27H45N3O5. The van der Waals surface area contributed by atoms with E-state index >= 15 is 0 Å². The van der Waals surface area contributed by atoms with Gasteiger partial charge in [0.2, 0.25) is 5.91 Å². The first-order valence-corrected chi connectivity index (χ1v) is 13.3. The standard InChI is InChI=1S/C27H45N3O5/c1-25(2)17-23(29-18-20-4-5-21(19-31)35-20)27(9-8-26(3,33)16-22(25)27)7-6-24(32)28-10-11-30-12-14-34-15-13-30/h4-5,22-23,29,31,33H,6-19H2,1-3H3,(H,28,32)/t22-,23-,26+,27+/m0/s1. The molecule has 8 heteroatoms. The van der Waals surface area contributed by atoms with Crippen molar-refractivity contribution < 1.29 is 24.2 Å². The van der Waals surface area contributed by atoms with Gasteiger partial charge in [-0.15, -0.1) is 0 Å². The van der Waals surface area contributed by atoms with Gasteiger partial charge in [-0.1, -0.05) is 13.8 Å². The number of furan rings is 1. The van der Waals surface area contributed by atoms with Crippen LogP contribution < -0.4 is 10.6 Å². The zero-order valence-electron chi connectivity index (χ0n) is 21.8. The number of nitrogens with zero attached hydrogens (tertiary/aromatic N) is 1. The number of morpholine rings is 1. The van der Waals surface area contributed by atoms with Gasteiger partial charge in [0.25, 0.3) is 0 Å². The number of nitrogens with one attached hydrogen (secondary N) is 2. The summed E-state index contributed by atoms with van der Waals surface area (Å²) in [5, 5.41) is 27.2. The Kier molecular flexibility index (Phi) is 8.28. The largest absolute Gasteiger partial charge is 0.462 e. The molecule has 0 aromatic carbocycles. The van der Waals surface area contributed by atoms with E-state index in [1.54, 1.807) is 0 Å². The van der Waals surface area contributed by atoms with Crippen LogP contribution in [0.5, 0.6) is 0 Å².